The van der Waals surface area contributed by atoms with Gasteiger partial charge >= 0.3 is 0 Å². The number of ether oxygens (including phenoxy) is 1. The van der Waals surface area contributed by atoms with Crippen LogP contribution < -0.4 is 5.73 Å². The molecule has 2 unspecified atom stereocenters. The zero-order valence-corrected chi connectivity index (χ0v) is 10.7. The van der Waals surface area contributed by atoms with Crippen molar-refractivity contribution in [3.05, 3.63) is 0 Å². The largest absolute Gasteiger partial charge is 0.381 e. The summed E-state index contributed by atoms with van der Waals surface area (Å²) < 4.78 is 5.49. The van der Waals surface area contributed by atoms with Gasteiger partial charge in [0.05, 0.1) is 0 Å². The summed E-state index contributed by atoms with van der Waals surface area (Å²) in [6.45, 7) is 9.74. The molecule has 2 saturated heterocycles. The molecule has 3 heteroatoms. The van der Waals surface area contributed by atoms with Crippen LogP contribution in [0.4, 0.5) is 0 Å². The summed E-state index contributed by atoms with van der Waals surface area (Å²) in [4.78, 5) is 2.66. The van der Waals surface area contributed by atoms with Gasteiger partial charge in [-0.1, -0.05) is 13.8 Å². The first-order chi connectivity index (χ1) is 7.66. The van der Waals surface area contributed by atoms with Gasteiger partial charge in [0.2, 0.25) is 0 Å². The quantitative estimate of drug-likeness (QED) is 0.775. The minimum Gasteiger partial charge on any atom is -0.381 e. The molecule has 0 aromatic rings. The SMILES string of the molecule is CC1CC(C)CN(C2(CN)CCOCC2)C1. The first-order valence-corrected chi connectivity index (χ1v) is 6.69. The number of hydrogen-bond acceptors (Lipinski definition) is 3. The number of likely N-dealkylation sites (tertiary alicyclic amines) is 1. The molecule has 2 rings (SSSR count). The average Bonchev–Trinajstić information content (AvgIpc) is 2.28. The van der Waals surface area contributed by atoms with Crippen LogP contribution in [0.3, 0.4) is 0 Å². The van der Waals surface area contributed by atoms with Crippen LogP contribution in [0.15, 0.2) is 0 Å². The third-order valence-corrected chi connectivity index (χ3v) is 4.34. The number of rotatable bonds is 2. The van der Waals surface area contributed by atoms with Crippen molar-refractivity contribution in [3.63, 3.8) is 0 Å². The lowest BCUT2D eigenvalue weighted by Crippen LogP contribution is -2.60. The third-order valence-electron chi connectivity index (χ3n) is 4.34. The Labute approximate surface area is 99.3 Å². The van der Waals surface area contributed by atoms with Crippen molar-refractivity contribution in [2.24, 2.45) is 17.6 Å². The number of nitrogens with zero attached hydrogens (tertiary/aromatic N) is 1. The van der Waals surface area contributed by atoms with E-state index in [0.717, 1.165) is 44.4 Å². The Morgan fingerprint density at radius 3 is 2.25 bits per heavy atom. The molecule has 0 saturated carbocycles. The van der Waals surface area contributed by atoms with Crippen molar-refractivity contribution in [2.75, 3.05) is 32.8 Å². The van der Waals surface area contributed by atoms with E-state index >= 15 is 0 Å². The highest BCUT2D eigenvalue weighted by atomic mass is 16.5. The van der Waals surface area contributed by atoms with Crippen LogP contribution in [0, 0.1) is 11.8 Å². The Balaban J connectivity index is 2.07. The van der Waals surface area contributed by atoms with Crippen LogP contribution in [0.1, 0.15) is 33.1 Å². The lowest BCUT2D eigenvalue weighted by atomic mass is 9.82. The van der Waals surface area contributed by atoms with Gasteiger partial charge in [-0.3, -0.25) is 4.90 Å². The van der Waals surface area contributed by atoms with Crippen LogP contribution in [0.2, 0.25) is 0 Å². The van der Waals surface area contributed by atoms with E-state index in [1.165, 1.54) is 19.5 Å². The summed E-state index contributed by atoms with van der Waals surface area (Å²) in [5, 5.41) is 0. The second-order valence-corrected chi connectivity index (χ2v) is 5.89. The molecule has 0 aromatic carbocycles. The van der Waals surface area contributed by atoms with Gasteiger partial charge in [0.15, 0.2) is 0 Å². The molecule has 0 amide bonds. The Morgan fingerprint density at radius 1 is 1.19 bits per heavy atom. The molecule has 16 heavy (non-hydrogen) atoms. The van der Waals surface area contributed by atoms with E-state index < -0.39 is 0 Å². The van der Waals surface area contributed by atoms with Gasteiger partial charge in [-0.2, -0.15) is 0 Å². The van der Waals surface area contributed by atoms with Crippen LogP contribution in [0.25, 0.3) is 0 Å². The van der Waals surface area contributed by atoms with Crippen molar-refractivity contribution in [1.82, 2.24) is 4.90 Å². The standard InChI is InChI=1S/C13H26N2O/c1-11-7-12(2)9-15(8-11)13(10-14)3-5-16-6-4-13/h11-12H,3-10,14H2,1-2H3. The lowest BCUT2D eigenvalue weighted by Gasteiger charge is -2.50. The predicted molar refractivity (Wildman–Crippen MR) is 66.4 cm³/mol. The molecule has 3 nitrogen and oxygen atoms in total. The molecule has 2 aliphatic heterocycles. The smallest absolute Gasteiger partial charge is 0.0484 e. The number of hydrogen-bond donors (Lipinski definition) is 1. The van der Waals surface area contributed by atoms with Crippen molar-refractivity contribution < 1.29 is 4.74 Å². The highest BCUT2D eigenvalue weighted by Gasteiger charge is 2.39. The van der Waals surface area contributed by atoms with Gasteiger partial charge in [-0.05, 0) is 31.1 Å². The maximum Gasteiger partial charge on any atom is 0.0484 e. The van der Waals surface area contributed by atoms with E-state index in [1.807, 2.05) is 0 Å². The van der Waals surface area contributed by atoms with Crippen molar-refractivity contribution >= 4 is 0 Å². The van der Waals surface area contributed by atoms with E-state index in [-0.39, 0.29) is 5.54 Å². The van der Waals surface area contributed by atoms with Gasteiger partial charge in [0.25, 0.3) is 0 Å². The van der Waals surface area contributed by atoms with Crippen molar-refractivity contribution in [1.29, 1.82) is 0 Å². The summed E-state index contributed by atoms with van der Waals surface area (Å²) in [6.07, 6.45) is 3.60. The molecule has 2 atom stereocenters. The van der Waals surface area contributed by atoms with Gasteiger partial charge in [-0.15, -0.1) is 0 Å². The maximum absolute atomic E-state index is 6.06. The first kappa shape index (κ1) is 12.3. The monoisotopic (exact) mass is 226 g/mol. The molecule has 2 aliphatic rings. The van der Waals surface area contributed by atoms with E-state index in [2.05, 4.69) is 18.7 Å². The van der Waals surface area contributed by atoms with Crippen LogP contribution in [-0.2, 0) is 4.74 Å². The zero-order valence-electron chi connectivity index (χ0n) is 10.7. The summed E-state index contributed by atoms with van der Waals surface area (Å²) in [6, 6.07) is 0. The summed E-state index contributed by atoms with van der Waals surface area (Å²) in [5.74, 6) is 1.63. The fourth-order valence-electron chi connectivity index (χ4n) is 3.45. The average molecular weight is 226 g/mol. The Kier molecular flexibility index (Phi) is 3.88. The number of piperidine rings is 1. The lowest BCUT2D eigenvalue weighted by molar-refractivity contribution is -0.0484. The molecule has 0 spiro atoms. The highest BCUT2D eigenvalue weighted by Crippen LogP contribution is 2.33. The fraction of sp³-hybridized carbons (Fsp3) is 1.00. The predicted octanol–water partition coefficient (Wildman–Crippen LogP) is 1.47. The van der Waals surface area contributed by atoms with Crippen LogP contribution >= 0.6 is 0 Å². The minimum atomic E-state index is 0.237. The molecular weight excluding hydrogens is 200 g/mol. The molecule has 0 bridgehead atoms. The van der Waals surface area contributed by atoms with Gasteiger partial charge in [-0.25, -0.2) is 0 Å². The van der Waals surface area contributed by atoms with E-state index in [1.54, 1.807) is 0 Å². The van der Waals surface area contributed by atoms with E-state index in [0.29, 0.717) is 0 Å². The summed E-state index contributed by atoms with van der Waals surface area (Å²) >= 11 is 0. The highest BCUT2D eigenvalue weighted by molar-refractivity contribution is 4.96. The molecule has 2 N–H and O–H groups in total. The topological polar surface area (TPSA) is 38.5 Å². The van der Waals surface area contributed by atoms with Crippen molar-refractivity contribution in [3.8, 4) is 0 Å². The van der Waals surface area contributed by atoms with Crippen LogP contribution in [-0.4, -0.2) is 43.3 Å². The Bertz CT molecular complexity index is 216. The molecular formula is C13H26N2O. The van der Waals surface area contributed by atoms with Gasteiger partial charge < -0.3 is 10.5 Å². The molecule has 94 valence electrons. The maximum atomic E-state index is 6.06. The summed E-state index contributed by atoms with van der Waals surface area (Å²) in [5.41, 5.74) is 6.30. The number of nitrogens with two attached hydrogens (primary N) is 1. The normalized spacial score (nSPS) is 36.2. The molecule has 0 radical (unpaired) electrons. The van der Waals surface area contributed by atoms with E-state index in [9.17, 15) is 0 Å². The molecule has 0 aliphatic carbocycles. The zero-order chi connectivity index (χ0) is 11.6. The second kappa shape index (κ2) is 5.03. The Hall–Kier alpha value is -0.120. The Morgan fingerprint density at radius 2 is 1.75 bits per heavy atom. The van der Waals surface area contributed by atoms with E-state index in [4.69, 9.17) is 10.5 Å². The molecule has 2 fully saturated rings. The third kappa shape index (κ3) is 2.41. The van der Waals surface area contributed by atoms with Crippen LogP contribution in [0.5, 0.6) is 0 Å². The van der Waals surface area contributed by atoms with Gasteiger partial charge in [0.1, 0.15) is 0 Å². The summed E-state index contributed by atoms with van der Waals surface area (Å²) in [7, 11) is 0. The molecule has 0 aromatic heterocycles. The first-order valence-electron chi connectivity index (χ1n) is 6.69. The fourth-order valence-corrected chi connectivity index (χ4v) is 3.45. The second-order valence-electron chi connectivity index (χ2n) is 5.89. The van der Waals surface area contributed by atoms with Gasteiger partial charge in [0, 0.05) is 38.4 Å². The molecule has 2 heterocycles. The minimum absolute atomic E-state index is 0.237. The van der Waals surface area contributed by atoms with Crippen molar-refractivity contribution in [2.45, 2.75) is 38.6 Å².